The summed E-state index contributed by atoms with van der Waals surface area (Å²) in [7, 11) is 9.51. The van der Waals surface area contributed by atoms with Gasteiger partial charge in [-0.2, -0.15) is 4.98 Å². The first-order valence-corrected chi connectivity index (χ1v) is 13.7. The van der Waals surface area contributed by atoms with E-state index >= 15 is 0 Å². The highest BCUT2D eigenvalue weighted by Crippen LogP contribution is 2.27. The van der Waals surface area contributed by atoms with Crippen molar-refractivity contribution in [2.24, 2.45) is 0 Å². The maximum atomic E-state index is 12.7. The van der Waals surface area contributed by atoms with Crippen LogP contribution < -0.4 is 9.47 Å². The molecule has 2 heterocycles. The third kappa shape index (κ3) is 7.05. The summed E-state index contributed by atoms with van der Waals surface area (Å²) in [6.45, 7) is 5.93. The lowest BCUT2D eigenvalue weighted by atomic mass is 10.0. The monoisotopic (exact) mass is 539 g/mol. The number of H-pyrrole nitrogens is 1. The summed E-state index contributed by atoms with van der Waals surface area (Å²) >= 11 is -1.33. The van der Waals surface area contributed by atoms with Gasteiger partial charge in [0, 0.05) is 34.6 Å². The molecule has 0 aliphatic heterocycles. The number of imidazole rings is 1. The number of ether oxygens (including phenoxy) is 2. The van der Waals surface area contributed by atoms with E-state index in [1.165, 1.54) is 0 Å². The fourth-order valence-corrected chi connectivity index (χ4v) is 5.06. The maximum Gasteiger partial charge on any atom is 0.322 e. The molecule has 2 aromatic heterocycles. The molecule has 8 nitrogen and oxygen atoms in total. The molecule has 0 fully saturated rings. The number of aliphatic hydroxyl groups excluding tert-OH is 1. The van der Waals surface area contributed by atoms with Crippen molar-refractivity contribution in [2.75, 3.05) is 35.4 Å². The van der Waals surface area contributed by atoms with Crippen LogP contribution >= 0.6 is 0 Å². The van der Waals surface area contributed by atoms with Gasteiger partial charge in [-0.25, -0.2) is 0 Å². The summed E-state index contributed by atoms with van der Waals surface area (Å²) in [5, 5.41) is 10.5. The van der Waals surface area contributed by atoms with Crippen LogP contribution in [0.5, 0.6) is 11.5 Å². The van der Waals surface area contributed by atoms with Crippen molar-refractivity contribution in [3.8, 4) is 11.5 Å². The van der Waals surface area contributed by atoms with Gasteiger partial charge < -0.3 is 23.6 Å². The molecule has 4 aromatic rings. The van der Waals surface area contributed by atoms with Gasteiger partial charge in [-0.05, 0) is 38.5 Å². The van der Waals surface area contributed by atoms with E-state index in [0.717, 1.165) is 43.7 Å². The van der Waals surface area contributed by atoms with Gasteiger partial charge in [0.2, 0.25) is 0 Å². The highest BCUT2D eigenvalue weighted by Gasteiger charge is 2.27. The summed E-state index contributed by atoms with van der Waals surface area (Å²) in [5.74, 6) is 1.78. The minimum Gasteiger partial charge on any atom is -0.609 e. The zero-order valence-electron chi connectivity index (χ0n) is 23.5. The Morgan fingerprint density at radius 3 is 2.34 bits per heavy atom. The van der Waals surface area contributed by atoms with Crippen LogP contribution in [0.2, 0.25) is 0 Å². The van der Waals surface area contributed by atoms with Crippen LogP contribution in [0.4, 0.5) is 0 Å². The highest BCUT2D eigenvalue weighted by atomic mass is 32.2. The SMILES string of the molecule is CC(C(O)c1ccccc1)[N+](C)(C)C.COc1ccc2[nH]c([S+]([O-])Cc3ncc(C)c(OC)c3C)nc2c1. The molecule has 4 rings (SSSR count). The van der Waals surface area contributed by atoms with Crippen molar-refractivity contribution >= 4 is 22.2 Å². The van der Waals surface area contributed by atoms with E-state index in [9.17, 15) is 9.66 Å². The van der Waals surface area contributed by atoms with Crippen LogP contribution in [0.1, 0.15) is 35.4 Å². The fraction of sp³-hybridized carbons (Fsp3) is 0.379. The second kappa shape index (κ2) is 12.6. The summed E-state index contributed by atoms with van der Waals surface area (Å²) in [6, 6.07) is 15.5. The Hall–Kier alpha value is -3.11. The maximum absolute atomic E-state index is 12.7. The number of hydrogen-bond donors (Lipinski definition) is 2. The molecule has 9 heteroatoms. The summed E-state index contributed by atoms with van der Waals surface area (Å²) in [6.07, 6.45) is 1.35. The van der Waals surface area contributed by atoms with Crippen LogP contribution in [-0.2, 0) is 16.9 Å². The number of methoxy groups -OCH3 is 2. The molecule has 0 saturated carbocycles. The van der Waals surface area contributed by atoms with Gasteiger partial charge >= 0.3 is 5.16 Å². The number of rotatable bonds is 8. The number of benzene rings is 2. The number of nitrogens with one attached hydrogen (secondary N) is 1. The average Bonchev–Trinajstić information content (AvgIpc) is 3.33. The Labute approximate surface area is 228 Å². The summed E-state index contributed by atoms with van der Waals surface area (Å²) in [4.78, 5) is 11.9. The number of likely N-dealkylation sites (N-methyl/N-ethyl adjacent to an activating group) is 1. The van der Waals surface area contributed by atoms with Gasteiger partial charge in [0.05, 0.1) is 52.1 Å². The molecule has 0 amide bonds. The second-order valence-electron chi connectivity index (χ2n) is 10.2. The number of aliphatic hydroxyl groups is 1. The predicted octanol–water partition coefficient (Wildman–Crippen LogP) is 4.71. The Morgan fingerprint density at radius 1 is 1.05 bits per heavy atom. The van der Waals surface area contributed by atoms with Gasteiger partial charge in [-0.15, -0.1) is 0 Å². The largest absolute Gasteiger partial charge is 0.609 e. The lowest BCUT2D eigenvalue weighted by Gasteiger charge is -2.34. The lowest BCUT2D eigenvalue weighted by molar-refractivity contribution is -0.898. The molecular formula is C29H39N4O4S+. The van der Waals surface area contributed by atoms with Crippen molar-refractivity contribution in [3.63, 3.8) is 0 Å². The molecule has 3 unspecified atom stereocenters. The Kier molecular flexibility index (Phi) is 9.78. The number of aromatic amines is 1. The molecule has 3 atom stereocenters. The van der Waals surface area contributed by atoms with Crippen molar-refractivity contribution in [1.82, 2.24) is 15.0 Å². The third-order valence-electron chi connectivity index (χ3n) is 6.72. The van der Waals surface area contributed by atoms with E-state index in [1.807, 2.05) is 62.4 Å². The number of hydrogen-bond acceptors (Lipinski definition) is 6. The van der Waals surface area contributed by atoms with Crippen molar-refractivity contribution < 1.29 is 23.6 Å². The summed E-state index contributed by atoms with van der Waals surface area (Å²) in [5.41, 5.74) is 5.15. The van der Waals surface area contributed by atoms with Crippen molar-refractivity contribution in [2.45, 2.75) is 43.8 Å². The number of quaternary nitrogens is 1. The van der Waals surface area contributed by atoms with Crippen LogP contribution in [0.15, 0.2) is 59.9 Å². The van der Waals surface area contributed by atoms with Gasteiger partial charge in [0.1, 0.15) is 23.6 Å². The second-order valence-corrected chi connectivity index (χ2v) is 11.5. The molecule has 38 heavy (non-hydrogen) atoms. The highest BCUT2D eigenvalue weighted by molar-refractivity contribution is 7.90. The molecule has 0 spiro atoms. The molecule has 2 N–H and O–H groups in total. The zero-order chi connectivity index (χ0) is 28.0. The predicted molar refractivity (Wildman–Crippen MR) is 152 cm³/mol. The number of fused-ring (bicyclic) bond motifs is 1. The number of aromatic nitrogens is 3. The summed E-state index contributed by atoms with van der Waals surface area (Å²) < 4.78 is 24.0. The molecule has 0 aliphatic rings. The molecule has 0 radical (unpaired) electrons. The Morgan fingerprint density at radius 2 is 1.74 bits per heavy atom. The smallest absolute Gasteiger partial charge is 0.322 e. The molecular weight excluding hydrogens is 500 g/mol. The van der Waals surface area contributed by atoms with Crippen LogP contribution in [-0.4, -0.2) is 70.5 Å². The Bertz CT molecular complexity index is 1340. The van der Waals surface area contributed by atoms with E-state index in [0.29, 0.717) is 10.9 Å². The topological polar surface area (TPSA) is 103 Å². The van der Waals surface area contributed by atoms with E-state index in [1.54, 1.807) is 20.4 Å². The number of nitrogens with zero attached hydrogens (tertiary/aromatic N) is 3. The fourth-order valence-electron chi connectivity index (χ4n) is 3.96. The molecule has 2 aromatic carbocycles. The normalized spacial score (nSPS) is 13.8. The molecule has 204 valence electrons. The molecule has 0 saturated heterocycles. The first kappa shape index (κ1) is 29.4. The quantitative estimate of drug-likeness (QED) is 0.248. The minimum atomic E-state index is -1.33. The molecule has 0 bridgehead atoms. The number of aryl methyl sites for hydroxylation is 1. The minimum absolute atomic E-state index is 0.192. The van der Waals surface area contributed by atoms with Crippen LogP contribution in [0.3, 0.4) is 0 Å². The van der Waals surface area contributed by atoms with Crippen molar-refractivity contribution in [3.05, 3.63) is 77.1 Å². The third-order valence-corrected chi connectivity index (χ3v) is 7.88. The van der Waals surface area contributed by atoms with E-state index < -0.39 is 17.3 Å². The van der Waals surface area contributed by atoms with Crippen LogP contribution in [0.25, 0.3) is 11.0 Å². The van der Waals surface area contributed by atoms with E-state index in [4.69, 9.17) is 9.47 Å². The zero-order valence-corrected chi connectivity index (χ0v) is 24.3. The van der Waals surface area contributed by atoms with Gasteiger partial charge in [-0.3, -0.25) is 9.97 Å². The van der Waals surface area contributed by atoms with Crippen molar-refractivity contribution in [1.29, 1.82) is 0 Å². The van der Waals surface area contributed by atoms with E-state index in [-0.39, 0.29) is 11.8 Å². The van der Waals surface area contributed by atoms with Gasteiger partial charge in [0.25, 0.3) is 0 Å². The Balaban J connectivity index is 0.000000244. The van der Waals surface area contributed by atoms with Gasteiger partial charge in [-0.1, -0.05) is 30.3 Å². The van der Waals surface area contributed by atoms with E-state index in [2.05, 4.69) is 43.0 Å². The van der Waals surface area contributed by atoms with Gasteiger partial charge in [0.15, 0.2) is 5.75 Å². The first-order valence-electron chi connectivity index (χ1n) is 12.4. The molecule has 0 aliphatic carbocycles. The first-order chi connectivity index (χ1) is 18.0. The average molecular weight is 540 g/mol. The number of pyridine rings is 1. The standard InChI is InChI=1S/C17H19N3O3S.C12H20NO/c1-10-8-18-15(11(2)16(10)23-4)9-24(21)17-19-13-6-5-12(22-3)7-14(13)20-17;1-10(13(2,3)4)12(14)11-8-6-5-7-9-11/h5-8H,9H2,1-4H3,(H,19,20);5-10,12,14H,1-4H3/q;+1. The lowest BCUT2D eigenvalue weighted by Crippen LogP contribution is -2.46. The van der Waals surface area contributed by atoms with Crippen LogP contribution in [0, 0.1) is 13.8 Å².